The molecular weight excluding hydrogens is 333 g/mol. The molecule has 1 N–H and O–H groups in total. The minimum Gasteiger partial charge on any atom is -0.368 e. The standard InChI is InChI=1S/C20H22FN3O2/c1-2-19(25)24-13-11-23(12-14-24)18-9-7-17(8-10-18)22-20(26)15-3-5-16(21)6-4-15/h3-10H,2,11-14H2,1H3,(H,22,26). The first kappa shape index (κ1) is 17.9. The number of amides is 2. The van der Waals surface area contributed by atoms with E-state index in [-0.39, 0.29) is 17.6 Å². The molecule has 136 valence electrons. The van der Waals surface area contributed by atoms with Crippen LogP contribution in [-0.4, -0.2) is 42.9 Å². The van der Waals surface area contributed by atoms with Crippen LogP contribution in [0.25, 0.3) is 0 Å². The van der Waals surface area contributed by atoms with Crippen LogP contribution < -0.4 is 10.2 Å². The van der Waals surface area contributed by atoms with Crippen LogP contribution in [-0.2, 0) is 4.79 Å². The summed E-state index contributed by atoms with van der Waals surface area (Å²) < 4.78 is 12.9. The van der Waals surface area contributed by atoms with Crippen molar-refractivity contribution in [1.82, 2.24) is 4.90 Å². The zero-order valence-corrected chi connectivity index (χ0v) is 14.7. The molecule has 0 saturated carbocycles. The van der Waals surface area contributed by atoms with Gasteiger partial charge in [-0.3, -0.25) is 9.59 Å². The molecule has 2 aromatic carbocycles. The second-order valence-corrected chi connectivity index (χ2v) is 6.23. The fourth-order valence-electron chi connectivity index (χ4n) is 3.00. The van der Waals surface area contributed by atoms with E-state index in [2.05, 4.69) is 10.2 Å². The molecule has 1 aliphatic rings. The topological polar surface area (TPSA) is 52.7 Å². The number of halogens is 1. The van der Waals surface area contributed by atoms with Gasteiger partial charge in [0.1, 0.15) is 5.82 Å². The first-order chi connectivity index (χ1) is 12.6. The molecule has 0 radical (unpaired) electrons. The number of piperazine rings is 1. The molecule has 0 unspecified atom stereocenters. The smallest absolute Gasteiger partial charge is 0.255 e. The highest BCUT2D eigenvalue weighted by Gasteiger charge is 2.20. The molecule has 2 aromatic rings. The molecule has 0 spiro atoms. The maximum atomic E-state index is 12.9. The summed E-state index contributed by atoms with van der Waals surface area (Å²) in [5.74, 6) is -0.445. The molecule has 1 saturated heterocycles. The van der Waals surface area contributed by atoms with Crippen LogP contribution >= 0.6 is 0 Å². The highest BCUT2D eigenvalue weighted by Crippen LogP contribution is 2.20. The van der Waals surface area contributed by atoms with Crippen molar-refractivity contribution < 1.29 is 14.0 Å². The van der Waals surface area contributed by atoms with Crippen LogP contribution in [0.4, 0.5) is 15.8 Å². The zero-order chi connectivity index (χ0) is 18.5. The average Bonchev–Trinajstić information content (AvgIpc) is 2.68. The number of nitrogens with zero attached hydrogens (tertiary/aromatic N) is 2. The van der Waals surface area contributed by atoms with E-state index in [1.165, 1.54) is 24.3 Å². The Balaban J connectivity index is 1.58. The monoisotopic (exact) mass is 355 g/mol. The van der Waals surface area contributed by atoms with Crippen LogP contribution in [0, 0.1) is 5.82 Å². The fraction of sp³-hybridized carbons (Fsp3) is 0.300. The van der Waals surface area contributed by atoms with E-state index in [9.17, 15) is 14.0 Å². The quantitative estimate of drug-likeness (QED) is 0.917. The molecule has 5 nitrogen and oxygen atoms in total. The molecular formula is C20H22FN3O2. The van der Waals surface area contributed by atoms with E-state index >= 15 is 0 Å². The summed E-state index contributed by atoms with van der Waals surface area (Å²) >= 11 is 0. The lowest BCUT2D eigenvalue weighted by Crippen LogP contribution is -2.48. The number of carbonyl (C=O) groups excluding carboxylic acids is 2. The van der Waals surface area contributed by atoms with E-state index in [0.29, 0.717) is 17.7 Å². The van der Waals surface area contributed by atoms with Crippen molar-refractivity contribution in [1.29, 1.82) is 0 Å². The first-order valence-electron chi connectivity index (χ1n) is 8.76. The van der Waals surface area contributed by atoms with Gasteiger partial charge < -0.3 is 15.1 Å². The lowest BCUT2D eigenvalue weighted by Gasteiger charge is -2.36. The Hall–Kier alpha value is -2.89. The van der Waals surface area contributed by atoms with Crippen LogP contribution in [0.1, 0.15) is 23.7 Å². The molecule has 1 heterocycles. The number of carbonyl (C=O) groups is 2. The molecule has 0 aliphatic carbocycles. The zero-order valence-electron chi connectivity index (χ0n) is 14.7. The van der Waals surface area contributed by atoms with E-state index in [0.717, 1.165) is 31.9 Å². The average molecular weight is 355 g/mol. The molecule has 1 aliphatic heterocycles. The first-order valence-corrected chi connectivity index (χ1v) is 8.76. The lowest BCUT2D eigenvalue weighted by molar-refractivity contribution is -0.131. The lowest BCUT2D eigenvalue weighted by atomic mass is 10.2. The highest BCUT2D eigenvalue weighted by molar-refractivity contribution is 6.04. The second kappa shape index (κ2) is 7.99. The van der Waals surface area contributed by atoms with Crippen LogP contribution in [0.3, 0.4) is 0 Å². The summed E-state index contributed by atoms with van der Waals surface area (Å²) in [5.41, 5.74) is 2.16. The fourth-order valence-corrected chi connectivity index (χ4v) is 3.00. The van der Waals surface area contributed by atoms with Crippen molar-refractivity contribution in [3.63, 3.8) is 0 Å². The van der Waals surface area contributed by atoms with Gasteiger partial charge in [-0.2, -0.15) is 0 Å². The Morgan fingerprint density at radius 1 is 0.962 bits per heavy atom. The molecule has 6 heteroatoms. The van der Waals surface area contributed by atoms with Crippen LogP contribution in [0.5, 0.6) is 0 Å². The summed E-state index contributed by atoms with van der Waals surface area (Å²) in [6.45, 7) is 4.94. The van der Waals surface area contributed by atoms with E-state index in [4.69, 9.17) is 0 Å². The third-order valence-corrected chi connectivity index (χ3v) is 4.53. The van der Waals surface area contributed by atoms with Gasteiger partial charge in [0.25, 0.3) is 5.91 Å². The maximum Gasteiger partial charge on any atom is 0.255 e. The predicted molar refractivity (Wildman–Crippen MR) is 99.9 cm³/mol. The maximum absolute atomic E-state index is 12.9. The number of hydrogen-bond acceptors (Lipinski definition) is 3. The van der Waals surface area contributed by atoms with Gasteiger partial charge in [0, 0.05) is 49.5 Å². The van der Waals surface area contributed by atoms with Gasteiger partial charge in [0.05, 0.1) is 0 Å². The van der Waals surface area contributed by atoms with Gasteiger partial charge in [-0.25, -0.2) is 4.39 Å². The second-order valence-electron chi connectivity index (χ2n) is 6.23. The number of benzene rings is 2. The molecule has 1 fully saturated rings. The minimum atomic E-state index is -0.369. The molecule has 2 amide bonds. The number of hydrogen-bond donors (Lipinski definition) is 1. The SMILES string of the molecule is CCC(=O)N1CCN(c2ccc(NC(=O)c3ccc(F)cc3)cc2)CC1. The molecule has 3 rings (SSSR count). The molecule has 26 heavy (non-hydrogen) atoms. The van der Waals surface area contributed by atoms with E-state index in [1.807, 2.05) is 36.1 Å². The predicted octanol–water partition coefficient (Wildman–Crippen LogP) is 3.14. The summed E-state index contributed by atoms with van der Waals surface area (Å²) in [6.07, 6.45) is 0.544. The Bertz CT molecular complexity index is 767. The van der Waals surface area contributed by atoms with Gasteiger partial charge >= 0.3 is 0 Å². The number of nitrogens with one attached hydrogen (secondary N) is 1. The van der Waals surface area contributed by atoms with Crippen molar-refractivity contribution in [3.05, 3.63) is 59.9 Å². The Labute approximate surface area is 152 Å². The van der Waals surface area contributed by atoms with Gasteiger partial charge in [-0.05, 0) is 48.5 Å². The van der Waals surface area contributed by atoms with Gasteiger partial charge in [0.15, 0.2) is 0 Å². The van der Waals surface area contributed by atoms with Crippen LogP contribution in [0.15, 0.2) is 48.5 Å². The van der Waals surface area contributed by atoms with Crippen molar-refractivity contribution in [2.75, 3.05) is 36.4 Å². The van der Waals surface area contributed by atoms with Gasteiger partial charge in [0.2, 0.25) is 5.91 Å². The Kier molecular flexibility index (Phi) is 5.51. The van der Waals surface area contributed by atoms with Gasteiger partial charge in [-0.1, -0.05) is 6.92 Å². The van der Waals surface area contributed by atoms with Crippen molar-refractivity contribution in [3.8, 4) is 0 Å². The number of rotatable bonds is 4. The molecule has 0 bridgehead atoms. The third kappa shape index (κ3) is 4.20. The molecule has 0 aromatic heterocycles. The molecule has 0 atom stereocenters. The summed E-state index contributed by atoms with van der Waals surface area (Å²) in [5, 5.41) is 2.80. The van der Waals surface area contributed by atoms with Crippen molar-refractivity contribution in [2.24, 2.45) is 0 Å². The highest BCUT2D eigenvalue weighted by atomic mass is 19.1. The summed E-state index contributed by atoms with van der Waals surface area (Å²) in [4.78, 5) is 28.0. The Morgan fingerprint density at radius 2 is 1.58 bits per heavy atom. The normalized spacial score (nSPS) is 14.2. The van der Waals surface area contributed by atoms with E-state index in [1.54, 1.807) is 0 Å². The summed E-state index contributed by atoms with van der Waals surface area (Å²) in [7, 11) is 0. The number of anilines is 2. The minimum absolute atomic E-state index is 0.198. The van der Waals surface area contributed by atoms with Gasteiger partial charge in [-0.15, -0.1) is 0 Å². The van der Waals surface area contributed by atoms with Crippen molar-refractivity contribution >= 4 is 23.2 Å². The third-order valence-electron chi connectivity index (χ3n) is 4.53. The van der Waals surface area contributed by atoms with Crippen LogP contribution in [0.2, 0.25) is 0 Å². The van der Waals surface area contributed by atoms with Crippen molar-refractivity contribution in [2.45, 2.75) is 13.3 Å². The van der Waals surface area contributed by atoms with E-state index < -0.39 is 0 Å². The largest absolute Gasteiger partial charge is 0.368 e. The summed E-state index contributed by atoms with van der Waals surface area (Å²) in [6, 6.07) is 13.0. The Morgan fingerprint density at radius 3 is 2.15 bits per heavy atom.